The number of thiazole rings is 1. The highest BCUT2D eigenvalue weighted by molar-refractivity contribution is 7.11. The molecule has 1 aromatic heterocycles. The molecule has 1 saturated heterocycles. The van der Waals surface area contributed by atoms with Gasteiger partial charge in [-0.05, 0) is 38.0 Å². The number of piperazine rings is 1. The summed E-state index contributed by atoms with van der Waals surface area (Å²) in [6.07, 6.45) is 8.88. The summed E-state index contributed by atoms with van der Waals surface area (Å²) in [5.74, 6) is 3.09. The highest BCUT2D eigenvalue weighted by Crippen LogP contribution is 2.46. The van der Waals surface area contributed by atoms with Gasteiger partial charge in [-0.25, -0.2) is 4.98 Å². The van der Waals surface area contributed by atoms with Crippen molar-refractivity contribution in [1.82, 2.24) is 20.1 Å². The molecule has 0 amide bonds. The lowest BCUT2D eigenvalue weighted by Gasteiger charge is -2.41. The highest BCUT2D eigenvalue weighted by Gasteiger charge is 2.42. The number of nitrogens with one attached hydrogen (secondary N) is 1. The molecule has 2 aliphatic carbocycles. The lowest BCUT2D eigenvalue weighted by molar-refractivity contribution is 0.0959. The fraction of sp³-hybridized carbons (Fsp3) is 0.789. The van der Waals surface area contributed by atoms with Gasteiger partial charge in [-0.1, -0.05) is 6.42 Å². The zero-order chi connectivity index (χ0) is 17.2. The molecule has 3 atom stereocenters. The van der Waals surface area contributed by atoms with Gasteiger partial charge >= 0.3 is 0 Å². The average Bonchev–Trinajstić information content (AvgIpc) is 3.36. The van der Waals surface area contributed by atoms with Gasteiger partial charge in [0.25, 0.3) is 0 Å². The molecule has 5 nitrogen and oxygen atoms in total. The van der Waals surface area contributed by atoms with E-state index in [2.05, 4.69) is 32.0 Å². The molecule has 138 valence electrons. The molecule has 25 heavy (non-hydrogen) atoms. The first kappa shape index (κ1) is 17.3. The Kier molecular flexibility index (Phi) is 5.27. The number of guanidine groups is 1. The summed E-state index contributed by atoms with van der Waals surface area (Å²) in [7, 11) is 1.90. The molecule has 4 rings (SSSR count). The zero-order valence-electron chi connectivity index (χ0n) is 15.6. The Morgan fingerprint density at radius 3 is 2.72 bits per heavy atom. The number of hydrogen-bond donors (Lipinski definition) is 1. The largest absolute Gasteiger partial charge is 0.356 e. The molecule has 1 aliphatic heterocycles. The zero-order valence-corrected chi connectivity index (χ0v) is 16.4. The Morgan fingerprint density at radius 1 is 1.28 bits per heavy atom. The molecule has 1 aromatic rings. The highest BCUT2D eigenvalue weighted by atomic mass is 32.1. The van der Waals surface area contributed by atoms with Crippen molar-refractivity contribution in [2.75, 3.05) is 39.8 Å². The Balaban J connectivity index is 1.23. The summed E-state index contributed by atoms with van der Waals surface area (Å²) < 4.78 is 0. The minimum absolute atomic E-state index is 0.879. The molecule has 3 fully saturated rings. The van der Waals surface area contributed by atoms with Crippen molar-refractivity contribution in [3.63, 3.8) is 0 Å². The third kappa shape index (κ3) is 3.85. The summed E-state index contributed by atoms with van der Waals surface area (Å²) in [4.78, 5) is 15.4. The maximum absolute atomic E-state index is 4.50. The van der Waals surface area contributed by atoms with Crippen molar-refractivity contribution in [3.05, 3.63) is 16.1 Å². The van der Waals surface area contributed by atoms with Crippen LogP contribution in [0.2, 0.25) is 0 Å². The van der Waals surface area contributed by atoms with Crippen LogP contribution in [0.5, 0.6) is 0 Å². The second kappa shape index (κ2) is 7.62. The van der Waals surface area contributed by atoms with E-state index in [1.54, 1.807) is 11.3 Å². The topological polar surface area (TPSA) is 43.8 Å². The van der Waals surface area contributed by atoms with Gasteiger partial charge in [-0.2, -0.15) is 0 Å². The Hall–Kier alpha value is -1.14. The van der Waals surface area contributed by atoms with E-state index in [1.165, 1.54) is 48.7 Å². The SMILES string of the molecule is CN=C(NCCc1ncc(C)s1)N1CCN(C2CC3CCC2C3)CC1. The predicted molar refractivity (Wildman–Crippen MR) is 104 cm³/mol. The van der Waals surface area contributed by atoms with E-state index in [1.807, 2.05) is 13.2 Å². The monoisotopic (exact) mass is 361 g/mol. The van der Waals surface area contributed by atoms with Crippen LogP contribution >= 0.6 is 11.3 Å². The second-order valence-electron chi connectivity index (χ2n) is 7.85. The van der Waals surface area contributed by atoms with Crippen LogP contribution in [0, 0.1) is 18.8 Å². The van der Waals surface area contributed by atoms with Crippen LogP contribution in [0.15, 0.2) is 11.2 Å². The minimum atomic E-state index is 0.879. The van der Waals surface area contributed by atoms with Crippen molar-refractivity contribution in [2.45, 2.75) is 45.1 Å². The first-order valence-electron chi connectivity index (χ1n) is 9.84. The third-order valence-corrected chi connectivity index (χ3v) is 7.26. The molecule has 0 aromatic carbocycles. The van der Waals surface area contributed by atoms with Gasteiger partial charge in [0.05, 0.1) is 5.01 Å². The number of nitrogens with zero attached hydrogens (tertiary/aromatic N) is 4. The van der Waals surface area contributed by atoms with Gasteiger partial charge in [-0.15, -0.1) is 11.3 Å². The molecule has 3 unspecified atom stereocenters. The van der Waals surface area contributed by atoms with Crippen LogP contribution in [0.25, 0.3) is 0 Å². The lowest BCUT2D eigenvalue weighted by Crippen LogP contribution is -2.55. The summed E-state index contributed by atoms with van der Waals surface area (Å²) in [5.41, 5.74) is 0. The Morgan fingerprint density at radius 2 is 2.12 bits per heavy atom. The van der Waals surface area contributed by atoms with Gasteiger partial charge in [0.1, 0.15) is 0 Å². The molecule has 2 saturated carbocycles. The van der Waals surface area contributed by atoms with Crippen LogP contribution in [0.4, 0.5) is 0 Å². The number of rotatable bonds is 4. The first-order chi connectivity index (χ1) is 12.2. The molecule has 2 bridgehead atoms. The van der Waals surface area contributed by atoms with E-state index < -0.39 is 0 Å². The van der Waals surface area contributed by atoms with Crippen LogP contribution in [0.1, 0.15) is 35.6 Å². The van der Waals surface area contributed by atoms with Gasteiger partial charge in [0.15, 0.2) is 5.96 Å². The molecular weight excluding hydrogens is 330 g/mol. The van der Waals surface area contributed by atoms with E-state index in [4.69, 9.17) is 0 Å². The van der Waals surface area contributed by atoms with Crippen molar-refractivity contribution in [2.24, 2.45) is 16.8 Å². The average molecular weight is 362 g/mol. The van der Waals surface area contributed by atoms with E-state index >= 15 is 0 Å². The molecule has 3 aliphatic rings. The smallest absolute Gasteiger partial charge is 0.193 e. The van der Waals surface area contributed by atoms with E-state index in [9.17, 15) is 0 Å². The van der Waals surface area contributed by atoms with Crippen molar-refractivity contribution in [3.8, 4) is 0 Å². The maximum atomic E-state index is 4.50. The number of hydrogen-bond acceptors (Lipinski definition) is 4. The number of aromatic nitrogens is 1. The maximum Gasteiger partial charge on any atom is 0.193 e. The van der Waals surface area contributed by atoms with Crippen LogP contribution in [-0.2, 0) is 6.42 Å². The summed E-state index contributed by atoms with van der Waals surface area (Å²) in [6.45, 7) is 7.61. The van der Waals surface area contributed by atoms with Crippen LogP contribution in [-0.4, -0.2) is 66.6 Å². The fourth-order valence-electron chi connectivity index (χ4n) is 5.05. The van der Waals surface area contributed by atoms with Crippen molar-refractivity contribution >= 4 is 17.3 Å². The predicted octanol–water partition coefficient (Wildman–Crippen LogP) is 2.38. The van der Waals surface area contributed by atoms with Gasteiger partial charge in [-0.3, -0.25) is 9.89 Å². The Bertz CT molecular complexity index is 605. The number of aliphatic imine (C=N–C) groups is 1. The number of aryl methyl sites for hydroxylation is 1. The van der Waals surface area contributed by atoms with Crippen molar-refractivity contribution < 1.29 is 0 Å². The molecule has 2 heterocycles. The fourth-order valence-corrected chi connectivity index (χ4v) is 5.84. The quantitative estimate of drug-likeness (QED) is 0.661. The normalized spacial score (nSPS) is 30.2. The standard InChI is InChI=1S/C19H31N5S/c1-14-13-22-18(25-14)5-6-21-19(20-2)24-9-7-23(8-10-24)17-12-15-3-4-16(17)11-15/h13,15-17H,3-12H2,1-2H3,(H,20,21). The van der Waals surface area contributed by atoms with Gasteiger partial charge < -0.3 is 10.2 Å². The van der Waals surface area contributed by atoms with Crippen molar-refractivity contribution in [1.29, 1.82) is 0 Å². The third-order valence-electron chi connectivity index (χ3n) is 6.29. The number of fused-ring (bicyclic) bond motifs is 2. The lowest BCUT2D eigenvalue weighted by atomic mass is 9.93. The molecule has 0 radical (unpaired) electrons. The van der Waals surface area contributed by atoms with Crippen LogP contribution < -0.4 is 5.32 Å². The molecular formula is C19H31N5S. The molecule has 1 N–H and O–H groups in total. The minimum Gasteiger partial charge on any atom is -0.356 e. The first-order valence-corrected chi connectivity index (χ1v) is 10.7. The van der Waals surface area contributed by atoms with E-state index in [-0.39, 0.29) is 0 Å². The van der Waals surface area contributed by atoms with Gasteiger partial charge in [0, 0.05) is 63.3 Å². The second-order valence-corrected chi connectivity index (χ2v) is 9.17. The van der Waals surface area contributed by atoms with Gasteiger partial charge in [0.2, 0.25) is 0 Å². The summed E-state index contributed by atoms with van der Waals surface area (Å²) in [6, 6.07) is 0.879. The van der Waals surface area contributed by atoms with E-state index in [0.29, 0.717) is 0 Å². The molecule has 0 spiro atoms. The molecule has 6 heteroatoms. The van der Waals surface area contributed by atoms with Crippen LogP contribution in [0.3, 0.4) is 0 Å². The Labute approximate surface area is 155 Å². The summed E-state index contributed by atoms with van der Waals surface area (Å²) >= 11 is 1.79. The summed E-state index contributed by atoms with van der Waals surface area (Å²) in [5, 5.41) is 4.74. The van der Waals surface area contributed by atoms with E-state index in [0.717, 1.165) is 49.9 Å².